The summed E-state index contributed by atoms with van der Waals surface area (Å²) in [6, 6.07) is 0. The molecule has 0 heterocycles. The Morgan fingerprint density at radius 1 is 0.857 bits per heavy atom. The molecule has 0 spiro atoms. The zero-order chi connectivity index (χ0) is 8.15. The first kappa shape index (κ1) is 30.9. The van der Waals surface area contributed by atoms with Crippen LogP contribution in [0.4, 0.5) is 4.79 Å². The Balaban J connectivity index is -0.0000000675. The molecule has 0 atom stereocenters. The van der Waals surface area contributed by atoms with Crippen molar-refractivity contribution < 1.29 is 101 Å². The van der Waals surface area contributed by atoms with Gasteiger partial charge in [0.05, 0.1) is 0 Å². The van der Waals surface area contributed by atoms with Crippen molar-refractivity contribution in [3.05, 3.63) is 0 Å². The Labute approximate surface area is 178 Å². The zero-order valence-corrected chi connectivity index (χ0v) is 11.5. The molecule has 0 saturated carbocycles. The predicted molar refractivity (Wildman–Crippen MR) is 24.7 cm³/mol. The van der Waals surface area contributed by atoms with Crippen molar-refractivity contribution in [1.82, 2.24) is 0 Å². The van der Waals surface area contributed by atoms with Crippen LogP contribution in [0.15, 0.2) is 0 Å². The Morgan fingerprint density at radius 2 is 1.07 bits per heavy atom. The molecule has 0 amide bonds. The molecule has 2 radical (unpaired) electrons. The monoisotopic (exact) mass is 572 g/mol. The van der Waals surface area contributed by atoms with Crippen molar-refractivity contribution in [1.29, 1.82) is 0 Å². The Kier molecular flexibility index (Phi) is 42.9. The molecule has 0 unspecified atom stereocenters. The molecule has 0 bridgehead atoms. The summed E-state index contributed by atoms with van der Waals surface area (Å²) < 4.78 is 45.2. The van der Waals surface area contributed by atoms with E-state index in [-0.39, 0.29) is 110 Å². The van der Waals surface area contributed by atoms with Gasteiger partial charge in [-0.15, -0.1) is 0 Å². The van der Waals surface area contributed by atoms with E-state index < -0.39 is 48.3 Å². The van der Waals surface area contributed by atoms with Crippen molar-refractivity contribution in [3.8, 4) is 0 Å². The first-order valence-electron chi connectivity index (χ1n) is 1.54. The summed E-state index contributed by atoms with van der Waals surface area (Å²) in [5.74, 6) is 0. The smallest absolute Gasteiger partial charge is 0 e. The summed E-state index contributed by atoms with van der Waals surface area (Å²) in [6.07, 6.45) is -1.70. The molecular formula is CH4Ca2I2Mn2O7. The second-order valence-electron chi connectivity index (χ2n) is 0.782. The minimum absolute atomic E-state index is 0. The Hall–Kier alpha value is 4.13. The van der Waals surface area contributed by atoms with Crippen LogP contribution in [-0.2, 0) is 40.3 Å². The molecule has 0 rings (SSSR count). The maximum absolute atomic E-state index is 9.90. The molecule has 0 fully saturated rings. The summed E-state index contributed by atoms with van der Waals surface area (Å²) in [5.41, 5.74) is 0. The molecule has 0 aromatic carbocycles. The molecule has 13 heteroatoms. The fourth-order valence-electron chi connectivity index (χ4n) is 0.115. The fourth-order valence-corrected chi connectivity index (χ4v) is 1.23. The number of hydrogen-bond donors (Lipinski definition) is 0. The van der Waals surface area contributed by atoms with Gasteiger partial charge < -0.3 is 13.7 Å². The minimum Gasteiger partial charge on any atom is 0 e. The van der Waals surface area contributed by atoms with Crippen molar-refractivity contribution in [2.75, 3.05) is 0 Å². The number of halogens is 2. The SMILES string of the molecule is O=C(O[I+2]([O-])[O-])O[I+2]([O-])[O-].[CaH2].[CaH2].[Mn].[Mn]. The number of carbonyl (C=O) groups is 1. The van der Waals surface area contributed by atoms with Crippen molar-refractivity contribution in [2.45, 2.75) is 0 Å². The second-order valence-corrected chi connectivity index (χ2v) is 3.82. The van der Waals surface area contributed by atoms with Crippen LogP contribution in [0.25, 0.3) is 0 Å². The third-order valence-electron chi connectivity index (χ3n) is 0.252. The van der Waals surface area contributed by atoms with Gasteiger partial charge in [0.1, 0.15) is 0 Å². The fraction of sp³-hybridized carbons (Fsp3) is 0. The average Bonchev–Trinajstić information content (AvgIpc) is 1.58. The van der Waals surface area contributed by atoms with Crippen LogP contribution < -0.4 is 55.9 Å². The quantitative estimate of drug-likeness (QED) is 0.238. The van der Waals surface area contributed by atoms with E-state index in [4.69, 9.17) is 0 Å². The van der Waals surface area contributed by atoms with E-state index in [0.717, 1.165) is 0 Å². The van der Waals surface area contributed by atoms with E-state index in [2.05, 4.69) is 6.13 Å². The molecule has 7 nitrogen and oxygen atoms in total. The summed E-state index contributed by atoms with van der Waals surface area (Å²) in [4.78, 5) is 9.90. The van der Waals surface area contributed by atoms with E-state index in [1.807, 2.05) is 0 Å². The molecule has 0 aromatic rings. The van der Waals surface area contributed by atoms with Gasteiger partial charge in [-0.3, -0.25) is 0 Å². The van der Waals surface area contributed by atoms with Crippen LogP contribution in [0, 0.1) is 0 Å². The van der Waals surface area contributed by atoms with E-state index in [1.165, 1.54) is 0 Å². The molecule has 0 aliphatic rings. The largest absolute Gasteiger partial charge is 0 e. The molecule has 82 valence electrons. The van der Waals surface area contributed by atoms with Crippen molar-refractivity contribution in [3.63, 3.8) is 0 Å². The number of carbonyl (C=O) groups excluding carboxylic acids is 1. The van der Waals surface area contributed by atoms with Crippen LogP contribution in [0.2, 0.25) is 0 Å². The molecule has 0 saturated heterocycles. The van der Waals surface area contributed by atoms with Crippen LogP contribution in [0.1, 0.15) is 0 Å². The third-order valence-corrected chi connectivity index (χ3v) is 1.69. The predicted octanol–water partition coefficient (Wildman–Crippen LogP) is -12.5. The van der Waals surface area contributed by atoms with Gasteiger partial charge in [0.2, 0.25) is 0 Å². The topological polar surface area (TPSA) is 128 Å². The van der Waals surface area contributed by atoms with Crippen molar-refractivity contribution >= 4 is 81.6 Å². The summed E-state index contributed by atoms with van der Waals surface area (Å²) in [7, 11) is 0. The van der Waals surface area contributed by atoms with Gasteiger partial charge in [0.25, 0.3) is 0 Å². The molecular weight excluding hydrogens is 568 g/mol. The van der Waals surface area contributed by atoms with Gasteiger partial charge >= 0.3 is 124 Å². The van der Waals surface area contributed by atoms with Gasteiger partial charge in [-0.2, -0.15) is 4.79 Å². The van der Waals surface area contributed by atoms with Gasteiger partial charge in [0, 0.05) is 34.1 Å². The Bertz CT molecular complexity index is 114. The van der Waals surface area contributed by atoms with Gasteiger partial charge in [-0.25, -0.2) is 0 Å². The second kappa shape index (κ2) is 19.5. The standard InChI is InChI=1S/CI2O7.2Ca.2Mn.4H/c4-1(9-2(5)6)10-3(7)8;;;;;;;;. The van der Waals surface area contributed by atoms with Crippen LogP contribution in [0.3, 0.4) is 0 Å². The van der Waals surface area contributed by atoms with Gasteiger partial charge in [-0.1, -0.05) is 6.13 Å². The third kappa shape index (κ3) is 25.1. The zero-order valence-electron chi connectivity index (χ0n) is 4.87. The summed E-state index contributed by atoms with van der Waals surface area (Å²) in [6.45, 7) is 0. The molecule has 0 aromatic heterocycles. The normalized spacial score (nSPS) is 7.29. The van der Waals surface area contributed by atoms with Crippen LogP contribution in [-0.4, -0.2) is 81.6 Å². The molecule has 0 aliphatic carbocycles. The first-order valence-corrected chi connectivity index (χ1v) is 6.82. The van der Waals surface area contributed by atoms with Crippen LogP contribution >= 0.6 is 0 Å². The first-order chi connectivity index (χ1) is 4.52. The number of rotatable bonds is 2. The minimum atomic E-state index is -4.16. The van der Waals surface area contributed by atoms with Gasteiger partial charge in [0.15, 0.2) is 0 Å². The van der Waals surface area contributed by atoms with Crippen LogP contribution in [0.5, 0.6) is 0 Å². The molecule has 14 heavy (non-hydrogen) atoms. The van der Waals surface area contributed by atoms with Gasteiger partial charge in [-0.05, 0) is 0 Å². The Morgan fingerprint density at radius 3 is 1.21 bits per heavy atom. The molecule has 0 aliphatic heterocycles. The number of hydrogen-bond acceptors (Lipinski definition) is 7. The average molecular weight is 572 g/mol. The van der Waals surface area contributed by atoms with E-state index in [9.17, 15) is 18.5 Å². The van der Waals surface area contributed by atoms with Crippen molar-refractivity contribution in [2.24, 2.45) is 0 Å². The van der Waals surface area contributed by atoms with E-state index in [1.54, 1.807) is 0 Å². The van der Waals surface area contributed by atoms with E-state index in [0.29, 0.717) is 0 Å². The maximum Gasteiger partial charge on any atom is 0 e. The molecule has 0 N–H and O–H groups in total. The van der Waals surface area contributed by atoms with E-state index >= 15 is 0 Å². The summed E-state index contributed by atoms with van der Waals surface area (Å²) >= 11 is -8.33. The summed E-state index contributed by atoms with van der Waals surface area (Å²) in [5, 5.41) is 0. The maximum atomic E-state index is 9.90.